The second-order valence-electron chi connectivity index (χ2n) is 7.42. The Hall–Kier alpha value is -4.06. The number of non-ortho nitro benzene ring substituents is 1. The van der Waals surface area contributed by atoms with Gasteiger partial charge in [-0.25, -0.2) is 4.68 Å². The van der Waals surface area contributed by atoms with Crippen molar-refractivity contribution in [3.63, 3.8) is 0 Å². The quantitative estimate of drug-likeness (QED) is 0.280. The Morgan fingerprint density at radius 3 is 2.53 bits per heavy atom. The first-order valence-electron chi connectivity index (χ1n) is 10.1. The molecular weight excluding hydrogens is 460 g/mol. The molecule has 1 aliphatic rings. The molecule has 1 unspecified atom stereocenters. The lowest BCUT2D eigenvalue weighted by Crippen LogP contribution is -2.31. The summed E-state index contributed by atoms with van der Waals surface area (Å²) in [6.07, 6.45) is 0. The van der Waals surface area contributed by atoms with Gasteiger partial charge >= 0.3 is 0 Å². The number of aromatic nitrogens is 3. The van der Waals surface area contributed by atoms with Crippen LogP contribution in [0.3, 0.4) is 0 Å². The van der Waals surface area contributed by atoms with Gasteiger partial charge in [-0.05, 0) is 30.2 Å². The minimum absolute atomic E-state index is 0.0341. The number of hydrogen-bond acceptors (Lipinski definition) is 9. The van der Waals surface area contributed by atoms with Gasteiger partial charge in [0.25, 0.3) is 5.69 Å². The van der Waals surface area contributed by atoms with Gasteiger partial charge in [-0.15, -0.1) is 5.10 Å². The maximum absolute atomic E-state index is 12.4. The highest BCUT2D eigenvalue weighted by Gasteiger charge is 2.33. The molecule has 176 valence electrons. The molecule has 3 N–H and O–H groups in total. The fraction of sp³-hybridized carbons (Fsp3) is 0.227. The lowest BCUT2D eigenvalue weighted by Gasteiger charge is -2.28. The normalized spacial score (nSPS) is 14.9. The van der Waals surface area contributed by atoms with E-state index in [1.165, 1.54) is 31.0 Å². The van der Waals surface area contributed by atoms with Gasteiger partial charge in [0.1, 0.15) is 6.04 Å². The molecular formula is C22H22N6O5S. The van der Waals surface area contributed by atoms with Crippen molar-refractivity contribution in [1.82, 2.24) is 14.8 Å². The number of nitrogens with zero attached hydrogens (tertiary/aromatic N) is 4. The Labute approximate surface area is 199 Å². The summed E-state index contributed by atoms with van der Waals surface area (Å²) in [5.74, 6) is 1.46. The predicted octanol–water partition coefficient (Wildman–Crippen LogP) is 3.27. The van der Waals surface area contributed by atoms with E-state index in [-0.39, 0.29) is 5.69 Å². The number of carbonyl (C=O) groups is 1. The van der Waals surface area contributed by atoms with Gasteiger partial charge in [-0.1, -0.05) is 30.0 Å². The summed E-state index contributed by atoms with van der Waals surface area (Å²) >= 11 is 1.37. The van der Waals surface area contributed by atoms with E-state index >= 15 is 0 Å². The standard InChI is InChI=1S/C22H22N6O5S/c1-12-18(20(23)29)19(14-6-9-16(32-2)17(10-14)33-3)27-21(24-12)25-22(26-27)34-11-13-4-7-15(8-5-13)28(30)31/h4-10,19H,11H2,1-3H3,(H2,23,29)(H,24,25,26). The van der Waals surface area contributed by atoms with Crippen molar-refractivity contribution in [2.24, 2.45) is 5.73 Å². The van der Waals surface area contributed by atoms with Crippen LogP contribution in [0.25, 0.3) is 0 Å². The molecule has 1 aliphatic heterocycles. The molecule has 0 saturated carbocycles. The molecule has 0 saturated heterocycles. The molecule has 0 spiro atoms. The number of nitro groups is 1. The molecule has 1 atom stereocenters. The van der Waals surface area contributed by atoms with E-state index in [1.807, 2.05) is 6.07 Å². The van der Waals surface area contributed by atoms with Crippen LogP contribution < -0.4 is 20.5 Å². The van der Waals surface area contributed by atoms with Gasteiger partial charge < -0.3 is 20.5 Å². The number of fused-ring (bicyclic) bond motifs is 1. The Bertz CT molecular complexity index is 1290. The number of allylic oxidation sites excluding steroid dienone is 1. The van der Waals surface area contributed by atoms with Gasteiger partial charge in [0.15, 0.2) is 11.5 Å². The van der Waals surface area contributed by atoms with Crippen LogP contribution in [0.1, 0.15) is 24.1 Å². The Kier molecular flexibility index (Phi) is 6.41. The first kappa shape index (κ1) is 23.1. The van der Waals surface area contributed by atoms with Gasteiger partial charge in [0.05, 0.1) is 24.7 Å². The first-order valence-corrected chi connectivity index (χ1v) is 11.1. The number of primary amides is 1. The summed E-state index contributed by atoms with van der Waals surface area (Å²) in [6, 6.07) is 11.1. The molecule has 0 bridgehead atoms. The number of rotatable bonds is 8. The van der Waals surface area contributed by atoms with Crippen LogP contribution in [0.5, 0.6) is 11.5 Å². The fourth-order valence-electron chi connectivity index (χ4n) is 3.70. The fourth-order valence-corrected chi connectivity index (χ4v) is 4.49. The molecule has 2 heterocycles. The number of thioether (sulfide) groups is 1. The SMILES string of the molecule is COc1ccc(C2C(C(N)=O)=C(C)Nc3nc(SCc4ccc([N+](=O)[O-])cc4)nn32)cc1OC. The first-order chi connectivity index (χ1) is 16.3. The number of ether oxygens (including phenoxy) is 2. The van der Waals surface area contributed by atoms with E-state index in [2.05, 4.69) is 15.4 Å². The van der Waals surface area contributed by atoms with Crippen LogP contribution in [0.15, 0.2) is 58.9 Å². The molecule has 4 rings (SSSR count). The lowest BCUT2D eigenvalue weighted by atomic mass is 9.95. The van der Waals surface area contributed by atoms with Gasteiger partial charge in [0, 0.05) is 23.6 Å². The third-order valence-corrected chi connectivity index (χ3v) is 6.25. The number of methoxy groups -OCH3 is 2. The van der Waals surface area contributed by atoms with E-state index in [1.54, 1.807) is 43.0 Å². The number of nitro benzene ring substituents is 1. The second kappa shape index (κ2) is 9.43. The highest BCUT2D eigenvalue weighted by Crippen LogP contribution is 2.39. The van der Waals surface area contributed by atoms with Crippen LogP contribution in [0.2, 0.25) is 0 Å². The maximum Gasteiger partial charge on any atom is 0.269 e. The zero-order valence-electron chi connectivity index (χ0n) is 18.6. The molecule has 0 radical (unpaired) electrons. The highest BCUT2D eigenvalue weighted by molar-refractivity contribution is 7.98. The van der Waals surface area contributed by atoms with Crippen molar-refractivity contribution in [3.8, 4) is 11.5 Å². The van der Waals surface area contributed by atoms with Crippen LogP contribution in [0.4, 0.5) is 11.6 Å². The van der Waals surface area contributed by atoms with E-state index in [0.29, 0.717) is 39.6 Å². The average Bonchev–Trinajstić information content (AvgIpc) is 3.23. The Balaban J connectivity index is 1.66. The minimum atomic E-state index is -0.616. The molecule has 0 aliphatic carbocycles. The second-order valence-corrected chi connectivity index (χ2v) is 8.36. The number of nitrogens with one attached hydrogen (secondary N) is 1. The summed E-state index contributed by atoms with van der Waals surface area (Å²) in [5, 5.41) is 19.0. The molecule has 34 heavy (non-hydrogen) atoms. The molecule has 0 fully saturated rings. The maximum atomic E-state index is 12.4. The smallest absolute Gasteiger partial charge is 0.269 e. The zero-order chi connectivity index (χ0) is 24.4. The number of carbonyl (C=O) groups excluding carboxylic acids is 1. The third kappa shape index (κ3) is 4.39. The van der Waals surface area contributed by atoms with Crippen molar-refractivity contribution in [1.29, 1.82) is 0 Å². The third-order valence-electron chi connectivity index (χ3n) is 5.34. The zero-order valence-corrected chi connectivity index (χ0v) is 19.5. The Morgan fingerprint density at radius 2 is 1.91 bits per heavy atom. The molecule has 1 aromatic heterocycles. The molecule has 2 aromatic carbocycles. The monoisotopic (exact) mass is 482 g/mol. The summed E-state index contributed by atoms with van der Waals surface area (Å²) in [7, 11) is 3.08. The van der Waals surface area contributed by atoms with Crippen LogP contribution in [-0.2, 0) is 10.5 Å². The lowest BCUT2D eigenvalue weighted by molar-refractivity contribution is -0.384. The Morgan fingerprint density at radius 1 is 1.21 bits per heavy atom. The number of anilines is 1. The molecule has 11 nitrogen and oxygen atoms in total. The molecule has 12 heteroatoms. The van der Waals surface area contributed by atoms with Crippen LogP contribution in [0, 0.1) is 10.1 Å². The van der Waals surface area contributed by atoms with Crippen LogP contribution in [-0.4, -0.2) is 39.8 Å². The van der Waals surface area contributed by atoms with Crippen molar-refractivity contribution < 1.29 is 19.2 Å². The van der Waals surface area contributed by atoms with Crippen molar-refractivity contribution in [3.05, 3.63) is 75.0 Å². The van der Waals surface area contributed by atoms with E-state index < -0.39 is 16.9 Å². The van der Waals surface area contributed by atoms with E-state index in [4.69, 9.17) is 15.2 Å². The number of nitrogens with two attached hydrogens (primary N) is 1. The molecule has 3 aromatic rings. The van der Waals surface area contributed by atoms with E-state index in [0.717, 1.165) is 11.1 Å². The number of benzene rings is 2. The van der Waals surface area contributed by atoms with Gasteiger partial charge in [-0.3, -0.25) is 14.9 Å². The number of hydrogen-bond donors (Lipinski definition) is 2. The topological polar surface area (TPSA) is 147 Å². The summed E-state index contributed by atoms with van der Waals surface area (Å²) in [6.45, 7) is 1.76. The van der Waals surface area contributed by atoms with E-state index in [9.17, 15) is 14.9 Å². The van der Waals surface area contributed by atoms with Crippen molar-refractivity contribution >= 4 is 29.3 Å². The van der Waals surface area contributed by atoms with Crippen molar-refractivity contribution in [2.45, 2.75) is 23.9 Å². The highest BCUT2D eigenvalue weighted by atomic mass is 32.2. The predicted molar refractivity (Wildman–Crippen MR) is 126 cm³/mol. The van der Waals surface area contributed by atoms with Crippen LogP contribution >= 0.6 is 11.8 Å². The average molecular weight is 483 g/mol. The largest absolute Gasteiger partial charge is 0.493 e. The summed E-state index contributed by atoms with van der Waals surface area (Å²) < 4.78 is 12.4. The number of amides is 1. The summed E-state index contributed by atoms with van der Waals surface area (Å²) in [4.78, 5) is 27.4. The molecule has 1 amide bonds. The summed E-state index contributed by atoms with van der Waals surface area (Å²) in [5.41, 5.74) is 8.33. The van der Waals surface area contributed by atoms with Crippen molar-refractivity contribution in [2.75, 3.05) is 19.5 Å². The van der Waals surface area contributed by atoms with Gasteiger partial charge in [-0.2, -0.15) is 4.98 Å². The van der Waals surface area contributed by atoms with Gasteiger partial charge in [0.2, 0.25) is 17.0 Å². The minimum Gasteiger partial charge on any atom is -0.493 e.